The lowest BCUT2D eigenvalue weighted by Crippen LogP contribution is -2.23. The minimum Gasteiger partial charge on any atom is -0.373 e. The van der Waals surface area contributed by atoms with Crippen molar-refractivity contribution in [1.82, 2.24) is 14.8 Å². The highest BCUT2D eigenvalue weighted by Crippen LogP contribution is 2.13. The molecule has 72 valence electrons. The number of rotatable bonds is 1. The van der Waals surface area contributed by atoms with Gasteiger partial charge in [0.1, 0.15) is 6.61 Å². The predicted molar refractivity (Wildman–Crippen MR) is 49.9 cm³/mol. The third-order valence-electron chi connectivity index (χ3n) is 2.07. The van der Waals surface area contributed by atoms with Crippen LogP contribution in [-0.2, 0) is 17.9 Å². The molecular formula is C7H11BrN4O. The van der Waals surface area contributed by atoms with Crippen molar-refractivity contribution in [1.29, 1.82) is 0 Å². The quantitative estimate of drug-likeness (QED) is 0.766. The number of aromatic nitrogens is 3. The van der Waals surface area contributed by atoms with E-state index in [0.717, 1.165) is 12.4 Å². The Morgan fingerprint density at radius 2 is 2.54 bits per heavy atom. The summed E-state index contributed by atoms with van der Waals surface area (Å²) in [5.41, 5.74) is 5.58. The third kappa shape index (κ3) is 1.90. The molecule has 5 nitrogen and oxygen atoms in total. The Morgan fingerprint density at radius 3 is 3.31 bits per heavy atom. The number of nitrogens with two attached hydrogens (primary N) is 1. The number of hydrogen-bond acceptors (Lipinski definition) is 4. The van der Waals surface area contributed by atoms with Gasteiger partial charge >= 0.3 is 0 Å². The van der Waals surface area contributed by atoms with Crippen LogP contribution in [0.5, 0.6) is 0 Å². The minimum absolute atomic E-state index is 0.342. The Morgan fingerprint density at radius 1 is 1.69 bits per heavy atom. The van der Waals surface area contributed by atoms with Gasteiger partial charge in [-0.3, -0.25) is 0 Å². The van der Waals surface area contributed by atoms with Gasteiger partial charge < -0.3 is 10.5 Å². The molecule has 1 aliphatic rings. The van der Waals surface area contributed by atoms with Crippen LogP contribution in [0.1, 0.15) is 5.82 Å². The molecule has 1 atom stereocenters. The van der Waals surface area contributed by atoms with Gasteiger partial charge in [0.05, 0.1) is 6.61 Å². The molecule has 0 aromatic carbocycles. The van der Waals surface area contributed by atoms with Crippen LogP contribution >= 0.6 is 15.9 Å². The maximum Gasteiger partial charge on any atom is 0.217 e. The van der Waals surface area contributed by atoms with Crippen molar-refractivity contribution in [3.05, 3.63) is 10.6 Å². The van der Waals surface area contributed by atoms with Crippen molar-refractivity contribution in [2.45, 2.75) is 13.2 Å². The first-order valence-corrected chi connectivity index (χ1v) is 4.96. The van der Waals surface area contributed by atoms with E-state index in [1.165, 1.54) is 0 Å². The predicted octanol–water partition coefficient (Wildman–Crippen LogP) is 0.146. The van der Waals surface area contributed by atoms with Crippen LogP contribution in [0.15, 0.2) is 4.73 Å². The van der Waals surface area contributed by atoms with E-state index in [9.17, 15) is 0 Å². The lowest BCUT2D eigenvalue weighted by molar-refractivity contribution is 0.0952. The maximum absolute atomic E-state index is 5.58. The first kappa shape index (κ1) is 9.11. The Kier molecular flexibility index (Phi) is 2.61. The van der Waals surface area contributed by atoms with Crippen LogP contribution in [0.4, 0.5) is 0 Å². The van der Waals surface area contributed by atoms with Crippen molar-refractivity contribution in [3.63, 3.8) is 0 Å². The zero-order valence-electron chi connectivity index (χ0n) is 7.11. The van der Waals surface area contributed by atoms with Crippen LogP contribution in [0.2, 0.25) is 0 Å². The van der Waals surface area contributed by atoms with Crippen LogP contribution in [0.25, 0.3) is 0 Å². The summed E-state index contributed by atoms with van der Waals surface area (Å²) in [7, 11) is 0. The molecule has 1 aliphatic heterocycles. The molecule has 0 aliphatic carbocycles. The maximum atomic E-state index is 5.58. The Hall–Kier alpha value is -0.460. The molecule has 0 bridgehead atoms. The summed E-state index contributed by atoms with van der Waals surface area (Å²) >= 11 is 3.23. The van der Waals surface area contributed by atoms with Gasteiger partial charge in [0.15, 0.2) is 5.82 Å². The van der Waals surface area contributed by atoms with E-state index >= 15 is 0 Å². The second-order valence-corrected chi connectivity index (χ2v) is 3.81. The highest BCUT2D eigenvalue weighted by atomic mass is 79.9. The molecule has 1 aromatic heterocycles. The van der Waals surface area contributed by atoms with Gasteiger partial charge in [0.25, 0.3) is 0 Å². The van der Waals surface area contributed by atoms with Crippen LogP contribution < -0.4 is 5.73 Å². The van der Waals surface area contributed by atoms with Gasteiger partial charge in [-0.1, -0.05) is 0 Å². The van der Waals surface area contributed by atoms with Gasteiger partial charge in [-0.25, -0.2) is 9.67 Å². The molecular weight excluding hydrogens is 236 g/mol. The van der Waals surface area contributed by atoms with Crippen LogP contribution in [0.3, 0.4) is 0 Å². The van der Waals surface area contributed by atoms with Gasteiger partial charge in [-0.05, 0) is 22.5 Å². The molecule has 0 saturated carbocycles. The van der Waals surface area contributed by atoms with Gasteiger partial charge in [0, 0.05) is 12.5 Å². The molecule has 2 N–H and O–H groups in total. The summed E-state index contributed by atoms with van der Waals surface area (Å²) in [5.74, 6) is 1.21. The first-order valence-electron chi connectivity index (χ1n) is 4.16. The number of halogens is 1. The van der Waals surface area contributed by atoms with Gasteiger partial charge in [0.2, 0.25) is 4.73 Å². The minimum atomic E-state index is 0.342. The van der Waals surface area contributed by atoms with Crippen LogP contribution in [0, 0.1) is 5.92 Å². The number of hydrogen-bond donors (Lipinski definition) is 1. The molecule has 1 aromatic rings. The summed E-state index contributed by atoms with van der Waals surface area (Å²) in [6, 6.07) is 0. The van der Waals surface area contributed by atoms with Gasteiger partial charge in [-0.2, -0.15) is 0 Å². The fourth-order valence-electron chi connectivity index (χ4n) is 1.35. The van der Waals surface area contributed by atoms with E-state index in [1.807, 2.05) is 4.68 Å². The monoisotopic (exact) mass is 246 g/mol. The average molecular weight is 247 g/mol. The zero-order valence-corrected chi connectivity index (χ0v) is 8.70. The van der Waals surface area contributed by atoms with Crippen molar-refractivity contribution in [2.75, 3.05) is 13.2 Å². The highest BCUT2D eigenvalue weighted by Gasteiger charge is 2.18. The van der Waals surface area contributed by atoms with Crippen molar-refractivity contribution in [3.8, 4) is 0 Å². The molecule has 13 heavy (non-hydrogen) atoms. The van der Waals surface area contributed by atoms with E-state index in [1.54, 1.807) is 0 Å². The number of fused-ring (bicyclic) bond motifs is 1. The van der Waals surface area contributed by atoms with E-state index in [2.05, 4.69) is 26.0 Å². The van der Waals surface area contributed by atoms with Crippen molar-refractivity contribution < 1.29 is 4.74 Å². The average Bonchev–Trinajstić information content (AvgIpc) is 2.33. The first-order chi connectivity index (χ1) is 6.29. The fourth-order valence-corrected chi connectivity index (χ4v) is 1.75. The molecule has 6 heteroatoms. The Labute approximate surface area is 84.4 Å². The van der Waals surface area contributed by atoms with E-state index in [4.69, 9.17) is 10.5 Å². The third-order valence-corrected chi connectivity index (χ3v) is 2.41. The van der Waals surface area contributed by atoms with E-state index in [-0.39, 0.29) is 0 Å². The van der Waals surface area contributed by atoms with Gasteiger partial charge in [-0.15, -0.1) is 5.10 Å². The highest BCUT2D eigenvalue weighted by molar-refractivity contribution is 9.10. The van der Waals surface area contributed by atoms with Crippen LogP contribution in [-0.4, -0.2) is 27.9 Å². The second kappa shape index (κ2) is 3.73. The molecule has 0 amide bonds. The molecule has 0 fully saturated rings. The molecule has 1 unspecified atom stereocenters. The lowest BCUT2D eigenvalue weighted by atomic mass is 10.2. The largest absolute Gasteiger partial charge is 0.373 e. The number of nitrogens with zero attached hydrogens (tertiary/aromatic N) is 3. The fraction of sp³-hybridized carbons (Fsp3) is 0.714. The summed E-state index contributed by atoms with van der Waals surface area (Å²) in [5, 5.41) is 4.20. The summed E-state index contributed by atoms with van der Waals surface area (Å²) in [6.45, 7) is 2.63. The Bertz CT molecular complexity index is 301. The molecule has 0 spiro atoms. The van der Waals surface area contributed by atoms with E-state index in [0.29, 0.717) is 30.4 Å². The van der Waals surface area contributed by atoms with E-state index < -0.39 is 0 Å². The summed E-state index contributed by atoms with van der Waals surface area (Å²) in [4.78, 5) is 4.18. The topological polar surface area (TPSA) is 66.0 Å². The lowest BCUT2D eigenvalue weighted by Gasteiger charge is -2.09. The SMILES string of the molecule is NCC1COCc2nc(Br)nn2C1. The smallest absolute Gasteiger partial charge is 0.217 e. The zero-order chi connectivity index (χ0) is 9.26. The second-order valence-electron chi connectivity index (χ2n) is 3.10. The molecule has 0 saturated heterocycles. The normalized spacial score (nSPS) is 22.5. The standard InChI is InChI=1S/C7H11BrN4O/c8-7-10-6-4-13-3-5(1-9)2-12(6)11-7/h5H,1-4,9H2. The Balaban J connectivity index is 2.22. The molecule has 2 heterocycles. The molecule has 2 rings (SSSR count). The van der Waals surface area contributed by atoms with Crippen molar-refractivity contribution >= 4 is 15.9 Å². The van der Waals surface area contributed by atoms with Crippen molar-refractivity contribution in [2.24, 2.45) is 11.7 Å². The molecule has 0 radical (unpaired) electrons. The summed E-state index contributed by atoms with van der Waals surface area (Å²) < 4.78 is 7.88. The number of ether oxygens (including phenoxy) is 1. The summed E-state index contributed by atoms with van der Waals surface area (Å²) in [6.07, 6.45) is 0.